The number of nitrogens with zero attached hydrogens (tertiary/aromatic N) is 2. The topological polar surface area (TPSA) is 9.86 Å². The minimum Gasteiger partial charge on any atom is -0.309 e. The van der Waals surface area contributed by atoms with E-state index >= 15 is 0 Å². The van der Waals surface area contributed by atoms with E-state index < -0.39 is 34.6 Å². The molecular weight excluding hydrogens is 622 g/mol. The van der Waals surface area contributed by atoms with E-state index in [1.165, 1.54) is 12.1 Å². The molecule has 240 valence electrons. The maximum Gasteiger partial charge on any atom is 0.417 e. The summed E-state index contributed by atoms with van der Waals surface area (Å²) in [6.45, 7) is 4.00. The van der Waals surface area contributed by atoms with Crippen LogP contribution in [0.5, 0.6) is 0 Å². The molecule has 0 aliphatic carbocycles. The first-order valence-corrected chi connectivity index (χ1v) is 15.5. The fraction of sp³-hybridized carbons (Fsp3) is 0.100. The first-order valence-electron chi connectivity index (χ1n) is 15.5. The molecule has 0 aliphatic heterocycles. The van der Waals surface area contributed by atoms with Crippen LogP contribution in [0.2, 0.25) is 0 Å². The van der Waals surface area contributed by atoms with E-state index in [0.717, 1.165) is 45.8 Å². The van der Waals surface area contributed by atoms with Gasteiger partial charge in [0.2, 0.25) is 0 Å². The van der Waals surface area contributed by atoms with E-state index in [1.54, 1.807) is 33.4 Å². The Morgan fingerprint density at radius 1 is 0.375 bits per heavy atom. The molecule has 0 spiro atoms. The number of aromatic nitrogens is 2. The van der Waals surface area contributed by atoms with Crippen LogP contribution in [0.15, 0.2) is 133 Å². The number of benzene rings is 6. The molecule has 0 radical (unpaired) electrons. The molecule has 8 aromatic rings. The highest BCUT2D eigenvalue weighted by molar-refractivity contribution is 6.10. The highest BCUT2D eigenvalue weighted by atomic mass is 19.4. The lowest BCUT2D eigenvalue weighted by Crippen LogP contribution is -2.13. The predicted molar refractivity (Wildman–Crippen MR) is 182 cm³/mol. The Hall–Kier alpha value is -5.50. The Labute approximate surface area is 272 Å². The van der Waals surface area contributed by atoms with Gasteiger partial charge >= 0.3 is 12.4 Å². The van der Waals surface area contributed by atoms with Crippen LogP contribution in [-0.4, -0.2) is 9.13 Å². The molecule has 0 aliphatic rings. The van der Waals surface area contributed by atoms with Crippen LogP contribution in [0, 0.1) is 0 Å². The van der Waals surface area contributed by atoms with E-state index in [1.807, 2.05) is 86.6 Å². The zero-order valence-corrected chi connectivity index (χ0v) is 25.9. The SMILES string of the molecule is CC.FC(F)(F)c1cc(-n2c3ccccc3c3ccccc32)ccc1-c1ccc(-n2c3ccccc3c3ccccc32)cc1C(F)(F)F. The maximum atomic E-state index is 14.8. The smallest absolute Gasteiger partial charge is 0.309 e. The number of hydrogen-bond acceptors (Lipinski definition) is 0. The van der Waals surface area contributed by atoms with Gasteiger partial charge in [-0.1, -0.05) is 98.8 Å². The third kappa shape index (κ3) is 4.99. The second-order valence-corrected chi connectivity index (χ2v) is 11.2. The molecule has 0 fully saturated rings. The minimum absolute atomic E-state index is 0.198. The Morgan fingerprint density at radius 2 is 0.646 bits per heavy atom. The van der Waals surface area contributed by atoms with Crippen molar-refractivity contribution in [1.82, 2.24) is 9.13 Å². The van der Waals surface area contributed by atoms with Crippen molar-refractivity contribution in [3.8, 4) is 22.5 Å². The summed E-state index contributed by atoms with van der Waals surface area (Å²) in [6, 6.07) is 36.5. The molecule has 0 saturated heterocycles. The van der Waals surface area contributed by atoms with Crippen molar-refractivity contribution in [2.45, 2.75) is 26.2 Å². The molecule has 6 aromatic carbocycles. The fourth-order valence-electron chi connectivity index (χ4n) is 6.68. The van der Waals surface area contributed by atoms with Crippen molar-refractivity contribution in [2.24, 2.45) is 0 Å². The number of alkyl halides is 6. The summed E-state index contributed by atoms with van der Waals surface area (Å²) in [5.41, 5.74) is -0.229. The van der Waals surface area contributed by atoms with Crippen molar-refractivity contribution >= 4 is 43.6 Å². The molecule has 8 rings (SSSR count). The summed E-state index contributed by atoms with van der Waals surface area (Å²) >= 11 is 0. The Bertz CT molecular complexity index is 2180. The van der Waals surface area contributed by atoms with Crippen LogP contribution < -0.4 is 0 Å². The number of halogens is 6. The van der Waals surface area contributed by atoms with E-state index in [0.29, 0.717) is 22.1 Å². The lowest BCUT2D eigenvalue weighted by atomic mass is 9.93. The summed E-state index contributed by atoms with van der Waals surface area (Å²) in [4.78, 5) is 0. The summed E-state index contributed by atoms with van der Waals surface area (Å²) < 4.78 is 92.0. The Kier molecular flexibility index (Phi) is 7.54. The van der Waals surface area contributed by atoms with Crippen molar-refractivity contribution in [3.05, 3.63) is 145 Å². The van der Waals surface area contributed by atoms with Gasteiger partial charge in [0.1, 0.15) is 0 Å². The van der Waals surface area contributed by atoms with Crippen LogP contribution >= 0.6 is 0 Å². The summed E-state index contributed by atoms with van der Waals surface area (Å²) in [7, 11) is 0. The zero-order chi connectivity index (χ0) is 33.8. The molecule has 0 bridgehead atoms. The standard InChI is InChI=1S/C38H22F6N2.C2H6/c39-37(40,41)31-21-23(45-33-13-5-1-9-27(33)28-10-2-6-14-34(28)45)17-19-25(31)26-20-18-24(22-32(26)38(42,43)44)46-35-15-7-3-11-29(35)30-12-4-8-16-36(30)46;1-2/h1-22H;1-2H3. The summed E-state index contributed by atoms with van der Waals surface area (Å²) in [5, 5.41) is 3.43. The van der Waals surface area contributed by atoms with Gasteiger partial charge < -0.3 is 9.13 Å². The highest BCUT2D eigenvalue weighted by Crippen LogP contribution is 2.45. The van der Waals surface area contributed by atoms with Gasteiger partial charge in [-0.15, -0.1) is 0 Å². The fourth-order valence-corrected chi connectivity index (χ4v) is 6.68. The lowest BCUT2D eigenvalue weighted by Gasteiger charge is -2.20. The largest absolute Gasteiger partial charge is 0.417 e. The van der Waals surface area contributed by atoms with Crippen LogP contribution in [0.25, 0.3) is 66.1 Å². The molecule has 2 aromatic heterocycles. The van der Waals surface area contributed by atoms with E-state index in [2.05, 4.69) is 0 Å². The van der Waals surface area contributed by atoms with Crippen LogP contribution in [0.3, 0.4) is 0 Å². The minimum atomic E-state index is -4.93. The molecule has 0 amide bonds. The molecular formula is C40H28F6N2. The van der Waals surface area contributed by atoms with E-state index in [-0.39, 0.29) is 11.4 Å². The summed E-state index contributed by atoms with van der Waals surface area (Å²) in [5.74, 6) is 0. The quantitative estimate of drug-likeness (QED) is 0.168. The molecule has 2 heterocycles. The van der Waals surface area contributed by atoms with Gasteiger partial charge in [-0.3, -0.25) is 0 Å². The average Bonchev–Trinajstić information content (AvgIpc) is 3.61. The van der Waals surface area contributed by atoms with Gasteiger partial charge in [-0.25, -0.2) is 0 Å². The van der Waals surface area contributed by atoms with Gasteiger partial charge in [0.05, 0.1) is 33.2 Å². The van der Waals surface area contributed by atoms with Crippen LogP contribution in [-0.2, 0) is 12.4 Å². The molecule has 48 heavy (non-hydrogen) atoms. The second kappa shape index (κ2) is 11.6. The van der Waals surface area contributed by atoms with Gasteiger partial charge in [0.15, 0.2) is 0 Å². The molecule has 8 heteroatoms. The molecule has 0 unspecified atom stereocenters. The van der Waals surface area contributed by atoms with Gasteiger partial charge in [-0.05, 0) is 59.7 Å². The normalized spacial score (nSPS) is 12.2. The van der Waals surface area contributed by atoms with Gasteiger partial charge in [0, 0.05) is 32.9 Å². The van der Waals surface area contributed by atoms with Gasteiger partial charge in [-0.2, -0.15) is 26.3 Å². The molecule has 0 saturated carbocycles. The number of hydrogen-bond donors (Lipinski definition) is 0. The first-order chi connectivity index (χ1) is 23.1. The maximum absolute atomic E-state index is 14.8. The van der Waals surface area contributed by atoms with Crippen LogP contribution in [0.4, 0.5) is 26.3 Å². The Balaban J connectivity index is 0.00000179. The zero-order valence-electron chi connectivity index (χ0n) is 25.9. The van der Waals surface area contributed by atoms with E-state index in [9.17, 15) is 26.3 Å². The Morgan fingerprint density at radius 3 is 0.917 bits per heavy atom. The molecule has 0 N–H and O–H groups in total. The third-order valence-corrected chi connectivity index (χ3v) is 8.58. The van der Waals surface area contributed by atoms with Gasteiger partial charge in [0.25, 0.3) is 0 Å². The predicted octanol–water partition coefficient (Wildman–Crippen LogP) is 12.6. The van der Waals surface area contributed by atoms with Crippen LogP contribution in [0.1, 0.15) is 25.0 Å². The summed E-state index contributed by atoms with van der Waals surface area (Å²) in [6.07, 6.45) is -9.86. The lowest BCUT2D eigenvalue weighted by molar-refractivity contribution is -0.139. The number of fused-ring (bicyclic) bond motifs is 6. The molecule has 2 nitrogen and oxygen atoms in total. The van der Waals surface area contributed by atoms with Crippen molar-refractivity contribution in [2.75, 3.05) is 0 Å². The molecule has 0 atom stereocenters. The monoisotopic (exact) mass is 650 g/mol. The number of para-hydroxylation sites is 4. The van der Waals surface area contributed by atoms with Crippen molar-refractivity contribution in [1.29, 1.82) is 0 Å². The number of rotatable bonds is 3. The highest BCUT2D eigenvalue weighted by Gasteiger charge is 2.39. The third-order valence-electron chi connectivity index (χ3n) is 8.58. The first kappa shape index (κ1) is 31.1. The average molecular weight is 651 g/mol. The second-order valence-electron chi connectivity index (χ2n) is 11.2. The van der Waals surface area contributed by atoms with Crippen molar-refractivity contribution < 1.29 is 26.3 Å². The van der Waals surface area contributed by atoms with Crippen molar-refractivity contribution in [3.63, 3.8) is 0 Å². The van der Waals surface area contributed by atoms with E-state index in [4.69, 9.17) is 0 Å².